The maximum atomic E-state index is 12.8. The lowest BCUT2D eigenvalue weighted by Crippen LogP contribution is -2.18. The Hall–Kier alpha value is -3.71. The predicted octanol–water partition coefficient (Wildman–Crippen LogP) is 4.92. The molecule has 7 nitrogen and oxygen atoms in total. The van der Waals surface area contributed by atoms with Crippen LogP contribution in [-0.4, -0.2) is 41.6 Å². The highest BCUT2D eigenvalue weighted by molar-refractivity contribution is 6.00. The van der Waals surface area contributed by atoms with Gasteiger partial charge in [0.1, 0.15) is 5.75 Å². The number of Topliss-reactive ketones (excluding diaryl/α,β-unsaturated/α-hetero) is 1. The molecule has 35 heavy (non-hydrogen) atoms. The third-order valence-corrected chi connectivity index (χ3v) is 6.19. The van der Waals surface area contributed by atoms with Crippen LogP contribution in [0, 0.1) is 13.8 Å². The van der Waals surface area contributed by atoms with Crippen molar-refractivity contribution in [3.8, 4) is 16.9 Å². The molecule has 0 aliphatic carbocycles. The second-order valence-electron chi connectivity index (χ2n) is 8.73. The van der Waals surface area contributed by atoms with Crippen LogP contribution >= 0.6 is 0 Å². The SMILES string of the molecule is CC(=O)Oc1ccc(-c2ccc(C(=O)OCC(=O)c3cc(C)n(CC4CCCO4)c3C)cc2)cc1. The normalized spacial score (nSPS) is 15.1. The predicted molar refractivity (Wildman–Crippen MR) is 131 cm³/mol. The lowest BCUT2D eigenvalue weighted by Gasteiger charge is -2.14. The molecule has 182 valence electrons. The molecule has 4 rings (SSSR count). The number of nitrogens with zero attached hydrogens (tertiary/aromatic N) is 1. The second kappa shape index (κ2) is 10.7. The summed E-state index contributed by atoms with van der Waals surface area (Å²) in [5.41, 5.74) is 4.59. The van der Waals surface area contributed by atoms with Crippen molar-refractivity contribution in [2.45, 2.75) is 46.3 Å². The Bertz CT molecular complexity index is 1220. The first-order chi connectivity index (χ1) is 16.8. The molecule has 1 unspecified atom stereocenters. The molecular formula is C28H29NO6. The summed E-state index contributed by atoms with van der Waals surface area (Å²) in [7, 11) is 0. The van der Waals surface area contributed by atoms with Crippen LogP contribution in [0.25, 0.3) is 11.1 Å². The van der Waals surface area contributed by atoms with E-state index in [9.17, 15) is 14.4 Å². The average Bonchev–Trinajstić information content (AvgIpc) is 3.46. The minimum Gasteiger partial charge on any atom is -0.454 e. The molecule has 2 aromatic carbocycles. The summed E-state index contributed by atoms with van der Waals surface area (Å²) in [6.07, 6.45) is 2.26. The van der Waals surface area contributed by atoms with Crippen LogP contribution in [0.15, 0.2) is 54.6 Å². The van der Waals surface area contributed by atoms with E-state index in [1.54, 1.807) is 36.4 Å². The Balaban J connectivity index is 1.35. The molecule has 1 fully saturated rings. The van der Waals surface area contributed by atoms with Crippen LogP contribution in [0.1, 0.15) is 51.9 Å². The summed E-state index contributed by atoms with van der Waals surface area (Å²) in [6, 6.07) is 15.9. The molecule has 1 aromatic heterocycles. The van der Waals surface area contributed by atoms with Gasteiger partial charge >= 0.3 is 11.9 Å². The van der Waals surface area contributed by atoms with Gasteiger partial charge in [0.05, 0.1) is 11.7 Å². The fraction of sp³-hybridized carbons (Fsp3) is 0.321. The van der Waals surface area contributed by atoms with Gasteiger partial charge in [-0.2, -0.15) is 0 Å². The Kier molecular flexibility index (Phi) is 7.46. The van der Waals surface area contributed by atoms with Gasteiger partial charge in [-0.25, -0.2) is 4.79 Å². The number of rotatable bonds is 8. The molecule has 0 saturated carbocycles. The highest BCUT2D eigenvalue weighted by Crippen LogP contribution is 2.24. The van der Waals surface area contributed by atoms with E-state index in [1.165, 1.54) is 6.92 Å². The molecule has 3 aromatic rings. The van der Waals surface area contributed by atoms with Gasteiger partial charge in [0.15, 0.2) is 6.61 Å². The van der Waals surface area contributed by atoms with E-state index in [-0.39, 0.29) is 24.5 Å². The smallest absolute Gasteiger partial charge is 0.338 e. The van der Waals surface area contributed by atoms with E-state index in [2.05, 4.69) is 4.57 Å². The summed E-state index contributed by atoms with van der Waals surface area (Å²) in [4.78, 5) is 36.4. The zero-order chi connectivity index (χ0) is 24.9. The van der Waals surface area contributed by atoms with Crippen LogP contribution in [0.2, 0.25) is 0 Å². The molecular weight excluding hydrogens is 446 g/mol. The number of hydrogen-bond acceptors (Lipinski definition) is 6. The van der Waals surface area contributed by atoms with E-state index < -0.39 is 5.97 Å². The van der Waals surface area contributed by atoms with Crippen LogP contribution in [0.3, 0.4) is 0 Å². The molecule has 1 aliphatic rings. The Morgan fingerprint density at radius 3 is 2.26 bits per heavy atom. The Morgan fingerprint density at radius 1 is 1.00 bits per heavy atom. The maximum Gasteiger partial charge on any atom is 0.338 e. The first-order valence-corrected chi connectivity index (χ1v) is 11.7. The molecule has 1 atom stereocenters. The van der Waals surface area contributed by atoms with Crippen molar-refractivity contribution in [3.63, 3.8) is 0 Å². The van der Waals surface area contributed by atoms with Crippen LogP contribution in [-0.2, 0) is 20.8 Å². The summed E-state index contributed by atoms with van der Waals surface area (Å²) < 4.78 is 18.2. The Morgan fingerprint density at radius 2 is 1.66 bits per heavy atom. The van der Waals surface area contributed by atoms with Gasteiger partial charge in [0, 0.05) is 37.0 Å². The first kappa shape index (κ1) is 24.4. The van der Waals surface area contributed by atoms with Crippen LogP contribution in [0.5, 0.6) is 5.75 Å². The summed E-state index contributed by atoms with van der Waals surface area (Å²) in [6.45, 7) is 6.43. The van der Waals surface area contributed by atoms with Crippen molar-refractivity contribution in [2.24, 2.45) is 0 Å². The molecule has 0 radical (unpaired) electrons. The molecule has 0 bridgehead atoms. The van der Waals surface area contributed by atoms with Gasteiger partial charge in [-0.1, -0.05) is 24.3 Å². The highest BCUT2D eigenvalue weighted by Gasteiger charge is 2.22. The van der Waals surface area contributed by atoms with Gasteiger partial charge in [0.2, 0.25) is 5.78 Å². The minimum absolute atomic E-state index is 0.176. The zero-order valence-corrected chi connectivity index (χ0v) is 20.2. The van der Waals surface area contributed by atoms with Crippen molar-refractivity contribution >= 4 is 17.7 Å². The number of ether oxygens (including phenoxy) is 3. The summed E-state index contributed by atoms with van der Waals surface area (Å²) in [5, 5.41) is 0. The van der Waals surface area contributed by atoms with Gasteiger partial charge in [0.25, 0.3) is 0 Å². The largest absolute Gasteiger partial charge is 0.454 e. The van der Waals surface area contributed by atoms with Gasteiger partial charge in [-0.05, 0) is 68.1 Å². The van der Waals surface area contributed by atoms with Crippen LogP contribution in [0.4, 0.5) is 0 Å². The number of carbonyl (C=O) groups is 3. The van der Waals surface area contributed by atoms with Crippen LogP contribution < -0.4 is 4.74 Å². The minimum atomic E-state index is -0.553. The molecule has 1 saturated heterocycles. The zero-order valence-electron chi connectivity index (χ0n) is 20.2. The van der Waals surface area contributed by atoms with Crippen molar-refractivity contribution in [1.82, 2.24) is 4.57 Å². The number of hydrogen-bond donors (Lipinski definition) is 0. The third kappa shape index (κ3) is 5.87. The van der Waals surface area contributed by atoms with E-state index in [4.69, 9.17) is 14.2 Å². The quantitative estimate of drug-likeness (QED) is 0.261. The van der Waals surface area contributed by atoms with Gasteiger partial charge in [-0.3, -0.25) is 9.59 Å². The molecule has 0 amide bonds. The van der Waals surface area contributed by atoms with E-state index >= 15 is 0 Å². The van der Waals surface area contributed by atoms with E-state index in [0.29, 0.717) is 16.9 Å². The maximum absolute atomic E-state index is 12.8. The third-order valence-electron chi connectivity index (χ3n) is 6.19. The first-order valence-electron chi connectivity index (χ1n) is 11.7. The van der Waals surface area contributed by atoms with Crippen molar-refractivity contribution in [1.29, 1.82) is 0 Å². The lowest BCUT2D eigenvalue weighted by molar-refractivity contribution is -0.131. The number of ketones is 1. The average molecular weight is 476 g/mol. The molecule has 7 heteroatoms. The number of aromatic nitrogens is 1. The van der Waals surface area contributed by atoms with E-state index in [0.717, 1.165) is 48.5 Å². The number of aryl methyl sites for hydroxylation is 1. The fourth-order valence-corrected chi connectivity index (χ4v) is 4.33. The number of carbonyl (C=O) groups excluding carboxylic acids is 3. The molecule has 2 heterocycles. The number of benzene rings is 2. The standard InChI is InChI=1S/C28H29NO6/c1-18-15-26(19(2)29(18)16-25-5-4-14-33-25)27(31)17-34-28(32)23-8-6-21(7-9-23)22-10-12-24(13-11-22)35-20(3)30/h6-13,15,25H,4-5,14,16-17H2,1-3H3. The fourth-order valence-electron chi connectivity index (χ4n) is 4.33. The Labute approximate surface area is 204 Å². The van der Waals surface area contributed by atoms with Crippen molar-refractivity contribution in [2.75, 3.05) is 13.2 Å². The monoisotopic (exact) mass is 475 g/mol. The second-order valence-corrected chi connectivity index (χ2v) is 8.73. The lowest BCUT2D eigenvalue weighted by atomic mass is 10.0. The molecule has 0 N–H and O–H groups in total. The summed E-state index contributed by atoms with van der Waals surface area (Å²) >= 11 is 0. The molecule has 0 spiro atoms. The van der Waals surface area contributed by atoms with Crippen molar-refractivity contribution < 1.29 is 28.6 Å². The number of esters is 2. The van der Waals surface area contributed by atoms with Crippen molar-refractivity contribution in [3.05, 3.63) is 77.1 Å². The highest BCUT2D eigenvalue weighted by atomic mass is 16.5. The molecule has 1 aliphatic heterocycles. The van der Waals surface area contributed by atoms with Gasteiger partial charge in [-0.15, -0.1) is 0 Å². The van der Waals surface area contributed by atoms with E-state index in [1.807, 2.05) is 32.0 Å². The summed E-state index contributed by atoms with van der Waals surface area (Å²) in [5.74, 6) is -0.683. The van der Waals surface area contributed by atoms with Gasteiger partial charge < -0.3 is 18.8 Å². The topological polar surface area (TPSA) is 83.8 Å².